The molecule has 0 spiro atoms. The lowest BCUT2D eigenvalue weighted by Crippen LogP contribution is -2.18. The van der Waals surface area contributed by atoms with Gasteiger partial charge in [-0.25, -0.2) is 15.8 Å². The Hall–Kier alpha value is -1.60. The Morgan fingerprint density at radius 3 is 2.76 bits per heavy atom. The average Bonchev–Trinajstić information content (AvgIpc) is 2.35. The molecular weight excluding hydrogens is 222 g/mol. The quantitative estimate of drug-likeness (QED) is 0.403. The second kappa shape index (κ2) is 6.87. The molecule has 1 rings (SSSR count). The number of aromatic nitrogens is 2. The number of methoxy groups -OCH3 is 1. The van der Waals surface area contributed by atoms with Crippen molar-refractivity contribution in [3.8, 4) is 5.75 Å². The van der Waals surface area contributed by atoms with Gasteiger partial charge >= 0.3 is 0 Å². The molecule has 1 aromatic rings. The predicted molar refractivity (Wildman–Crippen MR) is 65.8 cm³/mol. The predicted octanol–water partition coefficient (Wildman–Crippen LogP) is 0.344. The Balaban J connectivity index is 2.75. The summed E-state index contributed by atoms with van der Waals surface area (Å²) in [6.07, 6.45) is 2.98. The number of nitrogen functional groups attached to an aromatic ring is 1. The standard InChI is InChI=1S/C10H19N5O2/c1-7(4-3-5-16)14-9-8(17-2)10(15-11)13-6-12-9/h6-7,16H,3-5,11H2,1-2H3,(H2,12,13,14,15). The molecule has 0 saturated heterocycles. The molecule has 7 heteroatoms. The van der Waals surface area contributed by atoms with E-state index in [-0.39, 0.29) is 12.6 Å². The van der Waals surface area contributed by atoms with E-state index in [1.807, 2.05) is 6.92 Å². The van der Waals surface area contributed by atoms with Crippen LogP contribution >= 0.6 is 0 Å². The molecule has 0 amide bonds. The molecule has 7 nitrogen and oxygen atoms in total. The summed E-state index contributed by atoms with van der Waals surface area (Å²) in [5.41, 5.74) is 2.45. The summed E-state index contributed by atoms with van der Waals surface area (Å²) in [6, 6.07) is 0.177. The summed E-state index contributed by atoms with van der Waals surface area (Å²) in [4.78, 5) is 8.05. The SMILES string of the molecule is COc1c(NN)ncnc1NC(C)CCCO. The van der Waals surface area contributed by atoms with Crippen molar-refractivity contribution in [2.24, 2.45) is 5.84 Å². The first-order valence-corrected chi connectivity index (χ1v) is 5.46. The van der Waals surface area contributed by atoms with E-state index in [9.17, 15) is 0 Å². The number of anilines is 2. The van der Waals surface area contributed by atoms with Crippen LogP contribution in [0.4, 0.5) is 11.6 Å². The lowest BCUT2D eigenvalue weighted by atomic mass is 10.2. The number of nitrogens with zero attached hydrogens (tertiary/aromatic N) is 2. The normalized spacial score (nSPS) is 12.0. The highest BCUT2D eigenvalue weighted by Gasteiger charge is 2.12. The lowest BCUT2D eigenvalue weighted by molar-refractivity contribution is 0.282. The smallest absolute Gasteiger partial charge is 0.205 e. The Bertz CT molecular complexity index is 347. The highest BCUT2D eigenvalue weighted by atomic mass is 16.5. The number of ether oxygens (including phenoxy) is 1. The molecular formula is C10H19N5O2. The molecule has 0 saturated carbocycles. The Morgan fingerprint density at radius 2 is 2.18 bits per heavy atom. The summed E-state index contributed by atoms with van der Waals surface area (Å²) in [5.74, 6) is 6.82. The highest BCUT2D eigenvalue weighted by Crippen LogP contribution is 2.28. The molecule has 1 unspecified atom stereocenters. The van der Waals surface area contributed by atoms with Gasteiger partial charge in [0.05, 0.1) is 7.11 Å². The van der Waals surface area contributed by atoms with Crippen molar-refractivity contribution in [1.82, 2.24) is 9.97 Å². The molecule has 0 fully saturated rings. The molecule has 5 N–H and O–H groups in total. The summed E-state index contributed by atoms with van der Waals surface area (Å²) in [5, 5.41) is 11.9. The summed E-state index contributed by atoms with van der Waals surface area (Å²) in [7, 11) is 1.53. The minimum absolute atomic E-state index is 0.177. The van der Waals surface area contributed by atoms with E-state index in [2.05, 4.69) is 20.7 Å². The van der Waals surface area contributed by atoms with Crippen LogP contribution in [0.5, 0.6) is 5.75 Å². The minimum atomic E-state index is 0.177. The van der Waals surface area contributed by atoms with Crippen LogP contribution in [0, 0.1) is 0 Å². The first-order valence-electron chi connectivity index (χ1n) is 5.46. The van der Waals surface area contributed by atoms with Gasteiger partial charge in [-0.15, -0.1) is 0 Å². The molecule has 0 aliphatic carbocycles. The van der Waals surface area contributed by atoms with Gasteiger partial charge in [0.15, 0.2) is 11.6 Å². The van der Waals surface area contributed by atoms with Gasteiger partial charge < -0.3 is 20.6 Å². The van der Waals surface area contributed by atoms with Gasteiger partial charge in [0, 0.05) is 12.6 Å². The maximum Gasteiger partial charge on any atom is 0.205 e. The fraction of sp³-hybridized carbons (Fsp3) is 0.600. The molecule has 1 aromatic heterocycles. The van der Waals surface area contributed by atoms with Gasteiger partial charge in [-0.3, -0.25) is 0 Å². The number of hydrazine groups is 1. The van der Waals surface area contributed by atoms with E-state index in [4.69, 9.17) is 15.7 Å². The summed E-state index contributed by atoms with van der Waals surface area (Å²) >= 11 is 0. The third-order valence-electron chi connectivity index (χ3n) is 2.32. The second-order valence-corrected chi connectivity index (χ2v) is 3.66. The van der Waals surface area contributed by atoms with Crippen molar-refractivity contribution >= 4 is 11.6 Å². The zero-order chi connectivity index (χ0) is 12.7. The van der Waals surface area contributed by atoms with E-state index in [1.54, 1.807) is 0 Å². The van der Waals surface area contributed by atoms with Crippen molar-refractivity contribution in [3.63, 3.8) is 0 Å². The van der Waals surface area contributed by atoms with Crippen LogP contribution in [0.2, 0.25) is 0 Å². The van der Waals surface area contributed by atoms with E-state index in [0.717, 1.165) is 12.8 Å². The molecule has 0 bridgehead atoms. The van der Waals surface area contributed by atoms with Gasteiger partial charge in [0.25, 0.3) is 0 Å². The first-order chi connectivity index (χ1) is 8.22. The van der Waals surface area contributed by atoms with Crippen molar-refractivity contribution in [1.29, 1.82) is 0 Å². The minimum Gasteiger partial charge on any atom is -0.490 e. The van der Waals surface area contributed by atoms with Crippen molar-refractivity contribution in [2.75, 3.05) is 24.5 Å². The van der Waals surface area contributed by atoms with E-state index in [1.165, 1.54) is 13.4 Å². The fourth-order valence-electron chi connectivity index (χ4n) is 1.48. The zero-order valence-corrected chi connectivity index (χ0v) is 10.1. The van der Waals surface area contributed by atoms with Crippen molar-refractivity contribution in [3.05, 3.63) is 6.33 Å². The molecule has 1 heterocycles. The number of hydrogen-bond donors (Lipinski definition) is 4. The Kier molecular flexibility index (Phi) is 5.44. The maximum atomic E-state index is 8.76. The number of nitrogens with one attached hydrogen (secondary N) is 2. The number of rotatable bonds is 7. The molecule has 0 aliphatic heterocycles. The van der Waals surface area contributed by atoms with Gasteiger partial charge in [0.2, 0.25) is 5.75 Å². The summed E-state index contributed by atoms with van der Waals surface area (Å²) < 4.78 is 5.19. The maximum absolute atomic E-state index is 8.76. The molecule has 17 heavy (non-hydrogen) atoms. The Morgan fingerprint density at radius 1 is 1.47 bits per heavy atom. The number of aliphatic hydroxyl groups excluding tert-OH is 1. The van der Waals surface area contributed by atoms with Crippen LogP contribution in [-0.2, 0) is 0 Å². The second-order valence-electron chi connectivity index (χ2n) is 3.66. The van der Waals surface area contributed by atoms with Gasteiger partial charge in [-0.1, -0.05) is 0 Å². The van der Waals surface area contributed by atoms with E-state index in [0.29, 0.717) is 17.4 Å². The van der Waals surface area contributed by atoms with Crippen LogP contribution < -0.4 is 21.3 Å². The average molecular weight is 241 g/mol. The highest BCUT2D eigenvalue weighted by molar-refractivity contribution is 5.63. The largest absolute Gasteiger partial charge is 0.490 e. The third kappa shape index (κ3) is 3.72. The van der Waals surface area contributed by atoms with Crippen molar-refractivity contribution in [2.45, 2.75) is 25.8 Å². The molecule has 1 atom stereocenters. The van der Waals surface area contributed by atoms with Crippen LogP contribution in [0.3, 0.4) is 0 Å². The number of nitrogens with two attached hydrogens (primary N) is 1. The molecule has 0 radical (unpaired) electrons. The lowest BCUT2D eigenvalue weighted by Gasteiger charge is -2.17. The molecule has 0 aliphatic rings. The monoisotopic (exact) mass is 241 g/mol. The van der Waals surface area contributed by atoms with Gasteiger partial charge in [-0.2, -0.15) is 0 Å². The summed E-state index contributed by atoms with van der Waals surface area (Å²) in [6.45, 7) is 2.19. The van der Waals surface area contributed by atoms with Gasteiger partial charge in [0.1, 0.15) is 6.33 Å². The fourth-order valence-corrected chi connectivity index (χ4v) is 1.48. The number of hydrogen-bond acceptors (Lipinski definition) is 7. The van der Waals surface area contributed by atoms with Gasteiger partial charge in [-0.05, 0) is 19.8 Å². The third-order valence-corrected chi connectivity index (χ3v) is 2.32. The topological polar surface area (TPSA) is 105 Å². The van der Waals surface area contributed by atoms with Crippen LogP contribution in [0.1, 0.15) is 19.8 Å². The van der Waals surface area contributed by atoms with Crippen LogP contribution in [-0.4, -0.2) is 34.8 Å². The Labute approximate surface area is 100 Å². The van der Waals surface area contributed by atoms with Crippen LogP contribution in [0.15, 0.2) is 6.33 Å². The van der Waals surface area contributed by atoms with E-state index >= 15 is 0 Å². The molecule has 96 valence electrons. The van der Waals surface area contributed by atoms with Crippen LogP contribution in [0.25, 0.3) is 0 Å². The first kappa shape index (κ1) is 13.5. The molecule has 0 aromatic carbocycles. The van der Waals surface area contributed by atoms with Crippen molar-refractivity contribution < 1.29 is 9.84 Å². The van der Waals surface area contributed by atoms with E-state index < -0.39 is 0 Å². The number of aliphatic hydroxyl groups is 1. The zero-order valence-electron chi connectivity index (χ0n) is 10.1.